The van der Waals surface area contributed by atoms with Crippen molar-refractivity contribution in [2.45, 2.75) is 0 Å². The van der Waals surface area contributed by atoms with E-state index in [1.54, 1.807) is 0 Å². The van der Waals surface area contributed by atoms with Crippen LogP contribution in [0.3, 0.4) is 0 Å². The van der Waals surface area contributed by atoms with Gasteiger partial charge in [0.2, 0.25) is 0 Å². The second kappa shape index (κ2) is 12.8. The molecular weight excluding hydrogens is 687 g/mol. The van der Waals surface area contributed by atoms with Gasteiger partial charge < -0.3 is 4.57 Å². The Labute approximate surface area is 322 Å². The van der Waals surface area contributed by atoms with Gasteiger partial charge in [-0.3, -0.25) is 4.90 Å². The SMILES string of the molecule is c1ccc2c(-c3ccc(N(c4ccc(-c5ccc(-n6c7ccccc7c7ccccc76)cc5)cn4)c4cccc5sc6ccccc6c45)cc3)cccc2c1. The van der Waals surface area contributed by atoms with Gasteiger partial charge in [0.05, 0.1) is 16.7 Å². The molecule has 0 aliphatic heterocycles. The zero-order valence-corrected chi connectivity index (χ0v) is 30.6. The Morgan fingerprint density at radius 1 is 0.436 bits per heavy atom. The molecule has 3 aromatic heterocycles. The lowest BCUT2D eigenvalue weighted by Crippen LogP contribution is -2.11. The fourth-order valence-electron chi connectivity index (χ4n) is 8.30. The Hall–Kier alpha value is -7.01. The van der Waals surface area contributed by atoms with E-state index in [9.17, 15) is 0 Å². The summed E-state index contributed by atoms with van der Waals surface area (Å²) in [7, 11) is 0. The van der Waals surface area contributed by atoms with Crippen LogP contribution >= 0.6 is 11.3 Å². The van der Waals surface area contributed by atoms with Crippen molar-refractivity contribution in [3.63, 3.8) is 0 Å². The molecule has 11 rings (SSSR count). The summed E-state index contributed by atoms with van der Waals surface area (Å²) >= 11 is 1.84. The van der Waals surface area contributed by atoms with Crippen LogP contribution in [-0.2, 0) is 0 Å². The molecule has 4 heteroatoms. The molecule has 0 aliphatic carbocycles. The highest BCUT2D eigenvalue weighted by atomic mass is 32.1. The van der Waals surface area contributed by atoms with Gasteiger partial charge in [0.1, 0.15) is 5.82 Å². The number of rotatable bonds is 6. The summed E-state index contributed by atoms with van der Waals surface area (Å²) in [4.78, 5) is 7.49. The van der Waals surface area contributed by atoms with Gasteiger partial charge in [-0.15, -0.1) is 11.3 Å². The van der Waals surface area contributed by atoms with Gasteiger partial charge in [0, 0.05) is 54.1 Å². The standard InChI is InChI=1S/C51H33N3S/c1-2-13-40-35(11-1)12-9-17-41(40)36-25-30-39(31-26-36)54(47-20-10-22-49-51(47)44-16-5-8-21-48(44)55-49)50-32-27-37(33-52-50)34-23-28-38(29-24-34)53-45-18-6-3-14-42(45)43-15-4-7-19-46(43)53/h1-33H. The number of anilines is 3. The first-order chi connectivity index (χ1) is 27.3. The van der Waals surface area contributed by atoms with Crippen molar-refractivity contribution in [1.82, 2.24) is 9.55 Å². The average molecular weight is 720 g/mol. The Morgan fingerprint density at radius 3 is 1.78 bits per heavy atom. The Balaban J connectivity index is 0.999. The van der Waals surface area contributed by atoms with Crippen molar-refractivity contribution in [3.8, 4) is 27.9 Å². The summed E-state index contributed by atoms with van der Waals surface area (Å²) in [6.45, 7) is 0. The molecule has 0 saturated carbocycles. The van der Waals surface area contributed by atoms with E-state index >= 15 is 0 Å². The molecule has 0 atom stereocenters. The number of para-hydroxylation sites is 2. The topological polar surface area (TPSA) is 21.1 Å². The summed E-state index contributed by atoms with van der Waals surface area (Å²) in [5, 5.41) is 7.53. The maximum Gasteiger partial charge on any atom is 0.137 e. The van der Waals surface area contributed by atoms with Crippen LogP contribution in [0.2, 0.25) is 0 Å². The minimum absolute atomic E-state index is 0.867. The molecule has 3 heterocycles. The molecule has 55 heavy (non-hydrogen) atoms. The summed E-state index contributed by atoms with van der Waals surface area (Å²) in [5.74, 6) is 0.867. The molecule has 0 saturated heterocycles. The highest BCUT2D eigenvalue weighted by Gasteiger charge is 2.20. The number of nitrogens with zero attached hydrogens (tertiary/aromatic N) is 3. The second-order valence-electron chi connectivity index (χ2n) is 14.0. The van der Waals surface area contributed by atoms with Gasteiger partial charge in [0.15, 0.2) is 0 Å². The third kappa shape index (κ3) is 5.22. The molecular formula is C51H33N3S. The average Bonchev–Trinajstić information content (AvgIpc) is 3.81. The van der Waals surface area contributed by atoms with Gasteiger partial charge in [-0.25, -0.2) is 4.98 Å². The molecule has 0 amide bonds. The smallest absolute Gasteiger partial charge is 0.137 e. The number of hydrogen-bond donors (Lipinski definition) is 0. The fraction of sp³-hybridized carbons (Fsp3) is 0. The monoisotopic (exact) mass is 719 g/mol. The Bertz CT molecular complexity index is 3130. The first-order valence-corrected chi connectivity index (χ1v) is 19.4. The minimum atomic E-state index is 0.867. The lowest BCUT2D eigenvalue weighted by Gasteiger charge is -2.26. The van der Waals surface area contributed by atoms with Crippen molar-refractivity contribution in [3.05, 3.63) is 200 Å². The van der Waals surface area contributed by atoms with E-state index in [2.05, 4.69) is 204 Å². The molecule has 0 unspecified atom stereocenters. The molecule has 8 aromatic carbocycles. The van der Waals surface area contributed by atoms with Crippen molar-refractivity contribution in [2.24, 2.45) is 0 Å². The number of fused-ring (bicyclic) bond motifs is 7. The lowest BCUT2D eigenvalue weighted by atomic mass is 9.98. The van der Waals surface area contributed by atoms with E-state index in [1.165, 1.54) is 63.9 Å². The number of pyridine rings is 1. The van der Waals surface area contributed by atoms with E-state index < -0.39 is 0 Å². The predicted octanol–water partition coefficient (Wildman–Crippen LogP) is 14.5. The van der Waals surface area contributed by atoms with E-state index in [1.807, 2.05) is 17.5 Å². The van der Waals surface area contributed by atoms with Crippen LogP contribution in [0, 0.1) is 0 Å². The van der Waals surface area contributed by atoms with Crippen LogP contribution in [-0.4, -0.2) is 9.55 Å². The molecule has 258 valence electrons. The molecule has 0 aliphatic rings. The first-order valence-electron chi connectivity index (χ1n) is 18.6. The van der Waals surface area contributed by atoms with Gasteiger partial charge in [-0.05, 0) is 94.2 Å². The highest BCUT2D eigenvalue weighted by Crippen LogP contribution is 2.45. The van der Waals surface area contributed by atoms with Gasteiger partial charge in [-0.1, -0.05) is 127 Å². The molecule has 3 nitrogen and oxygen atoms in total. The van der Waals surface area contributed by atoms with Crippen molar-refractivity contribution < 1.29 is 0 Å². The van der Waals surface area contributed by atoms with Crippen LogP contribution in [0.1, 0.15) is 0 Å². The molecule has 0 N–H and O–H groups in total. The molecule has 0 fully saturated rings. The van der Waals surface area contributed by atoms with E-state index in [-0.39, 0.29) is 0 Å². The predicted molar refractivity (Wildman–Crippen MR) is 235 cm³/mol. The van der Waals surface area contributed by atoms with Crippen molar-refractivity contribution in [1.29, 1.82) is 0 Å². The third-order valence-electron chi connectivity index (χ3n) is 10.9. The maximum atomic E-state index is 5.18. The van der Waals surface area contributed by atoms with Crippen LogP contribution < -0.4 is 4.90 Å². The van der Waals surface area contributed by atoms with Gasteiger partial charge >= 0.3 is 0 Å². The van der Waals surface area contributed by atoms with Gasteiger partial charge in [-0.2, -0.15) is 0 Å². The van der Waals surface area contributed by atoms with Crippen LogP contribution in [0.5, 0.6) is 0 Å². The molecule has 11 aromatic rings. The summed E-state index contributed by atoms with van der Waals surface area (Å²) in [6, 6.07) is 69.9. The fourth-order valence-corrected chi connectivity index (χ4v) is 9.42. The Kier molecular flexibility index (Phi) is 7.35. The molecule has 0 radical (unpaired) electrons. The van der Waals surface area contributed by atoms with E-state index in [0.717, 1.165) is 34.0 Å². The number of hydrogen-bond acceptors (Lipinski definition) is 3. The summed E-state index contributed by atoms with van der Waals surface area (Å²) < 4.78 is 4.90. The largest absolute Gasteiger partial charge is 0.309 e. The third-order valence-corrected chi connectivity index (χ3v) is 12.0. The lowest BCUT2D eigenvalue weighted by molar-refractivity contribution is 1.18. The normalized spacial score (nSPS) is 11.6. The summed E-state index contributed by atoms with van der Waals surface area (Å²) in [5.41, 5.74) is 10.3. The van der Waals surface area contributed by atoms with Crippen LogP contribution in [0.15, 0.2) is 200 Å². The summed E-state index contributed by atoms with van der Waals surface area (Å²) in [6.07, 6.45) is 2.01. The first kappa shape index (κ1) is 31.5. The number of thiophene rings is 1. The maximum absolute atomic E-state index is 5.18. The molecule has 0 spiro atoms. The zero-order valence-electron chi connectivity index (χ0n) is 29.8. The van der Waals surface area contributed by atoms with Gasteiger partial charge in [0.25, 0.3) is 0 Å². The van der Waals surface area contributed by atoms with Crippen molar-refractivity contribution in [2.75, 3.05) is 4.90 Å². The quantitative estimate of drug-likeness (QED) is 0.171. The van der Waals surface area contributed by atoms with Crippen LogP contribution in [0.25, 0.3) is 80.7 Å². The van der Waals surface area contributed by atoms with Crippen molar-refractivity contribution >= 4 is 81.3 Å². The molecule has 0 bridgehead atoms. The van der Waals surface area contributed by atoms with E-state index in [0.29, 0.717) is 0 Å². The highest BCUT2D eigenvalue weighted by molar-refractivity contribution is 7.26. The zero-order chi connectivity index (χ0) is 36.3. The Morgan fingerprint density at radius 2 is 1.04 bits per heavy atom. The number of benzene rings is 8. The van der Waals surface area contributed by atoms with E-state index in [4.69, 9.17) is 4.98 Å². The number of aromatic nitrogens is 2. The van der Waals surface area contributed by atoms with Crippen LogP contribution in [0.4, 0.5) is 17.2 Å². The second-order valence-corrected chi connectivity index (χ2v) is 15.1. The minimum Gasteiger partial charge on any atom is -0.309 e.